The van der Waals surface area contributed by atoms with Crippen molar-refractivity contribution < 1.29 is 19.4 Å². The van der Waals surface area contributed by atoms with Gasteiger partial charge in [0.25, 0.3) is 0 Å². The third-order valence-electron chi connectivity index (χ3n) is 5.35. The number of ketones is 1. The Labute approximate surface area is 186 Å². The van der Waals surface area contributed by atoms with Gasteiger partial charge in [0.2, 0.25) is 5.91 Å². The Morgan fingerprint density at radius 2 is 2.10 bits per heavy atom. The van der Waals surface area contributed by atoms with E-state index < -0.39 is 6.10 Å². The van der Waals surface area contributed by atoms with Gasteiger partial charge in [-0.3, -0.25) is 9.59 Å². The second-order valence-electron chi connectivity index (χ2n) is 7.83. The van der Waals surface area contributed by atoms with Crippen LogP contribution in [0.5, 0.6) is 0 Å². The second kappa shape index (κ2) is 16.3. The highest BCUT2D eigenvalue weighted by molar-refractivity contribution is 6.26. The van der Waals surface area contributed by atoms with Gasteiger partial charge < -0.3 is 15.2 Å². The van der Waals surface area contributed by atoms with E-state index >= 15 is 0 Å². The molecule has 0 unspecified atom stereocenters. The Morgan fingerprint density at radius 1 is 1.33 bits per heavy atom. The first-order valence-electron chi connectivity index (χ1n) is 11.2. The largest absolute Gasteiger partial charge is 0.389 e. The number of ether oxygens (including phenoxy) is 1. The fourth-order valence-corrected chi connectivity index (χ4v) is 3.63. The summed E-state index contributed by atoms with van der Waals surface area (Å²) in [5, 5.41) is 12.5. The maximum atomic E-state index is 12.1. The summed E-state index contributed by atoms with van der Waals surface area (Å²) in [4.78, 5) is 24.1. The molecule has 170 valence electrons. The van der Waals surface area contributed by atoms with Crippen LogP contribution in [0.2, 0.25) is 0 Å². The quantitative estimate of drug-likeness (QED) is 0.279. The fraction of sp³-hybridized carbons (Fsp3) is 0.667. The highest BCUT2D eigenvalue weighted by Crippen LogP contribution is 2.21. The number of hydrogen-bond acceptors (Lipinski definition) is 4. The molecule has 1 aliphatic carbocycles. The molecule has 2 N–H and O–H groups in total. The first-order chi connectivity index (χ1) is 14.5. The van der Waals surface area contributed by atoms with E-state index in [0.29, 0.717) is 36.8 Å². The fourth-order valence-electron chi connectivity index (χ4n) is 3.43. The van der Waals surface area contributed by atoms with Crippen LogP contribution in [0.3, 0.4) is 0 Å². The summed E-state index contributed by atoms with van der Waals surface area (Å²) in [5.74, 6) is -0.151. The van der Waals surface area contributed by atoms with Crippen LogP contribution in [0.1, 0.15) is 77.6 Å². The van der Waals surface area contributed by atoms with E-state index in [9.17, 15) is 14.7 Å². The predicted octanol–water partition coefficient (Wildman–Crippen LogP) is 4.98. The van der Waals surface area contributed by atoms with Gasteiger partial charge in [-0.2, -0.15) is 0 Å². The topological polar surface area (TPSA) is 75.6 Å². The van der Waals surface area contributed by atoms with E-state index in [-0.39, 0.29) is 24.3 Å². The van der Waals surface area contributed by atoms with E-state index in [2.05, 4.69) is 18.3 Å². The smallest absolute Gasteiger partial charge is 0.220 e. The Morgan fingerprint density at radius 3 is 2.80 bits per heavy atom. The second-order valence-corrected chi connectivity index (χ2v) is 8.05. The van der Waals surface area contributed by atoms with Crippen molar-refractivity contribution in [3.63, 3.8) is 0 Å². The molecule has 0 aromatic rings. The first-order valence-corrected chi connectivity index (χ1v) is 11.6. The van der Waals surface area contributed by atoms with Gasteiger partial charge in [0, 0.05) is 37.6 Å². The molecule has 1 aliphatic rings. The standard InChI is InChI=1S/C24H38ClNO4/c1-3-4-5-6-8-11-21(30-2)12-9-7-10-13-24(29)26-18-19(17-25)22-16-20(27)14-15-23(22)28/h7,9,16-17,20-21,27H,3-6,8,10-15,18H2,1-2H3,(H,26,29)/b9-7+,19-17-/t20-,21-/m0/s1. The molecule has 0 saturated carbocycles. The molecule has 0 aromatic heterocycles. The Kier molecular flexibility index (Phi) is 14.4. The summed E-state index contributed by atoms with van der Waals surface area (Å²) in [7, 11) is 1.76. The third kappa shape index (κ3) is 11.1. The van der Waals surface area contributed by atoms with Gasteiger partial charge in [0.05, 0.1) is 12.2 Å². The number of unbranched alkanes of at least 4 members (excludes halogenated alkanes) is 4. The lowest BCUT2D eigenvalue weighted by molar-refractivity contribution is -0.121. The predicted molar refractivity (Wildman–Crippen MR) is 122 cm³/mol. The molecule has 6 heteroatoms. The first kappa shape index (κ1) is 26.6. The molecule has 0 bridgehead atoms. The number of hydrogen-bond donors (Lipinski definition) is 2. The van der Waals surface area contributed by atoms with E-state index in [1.165, 1.54) is 43.7 Å². The average molecular weight is 440 g/mol. The highest BCUT2D eigenvalue weighted by Gasteiger charge is 2.21. The zero-order valence-corrected chi connectivity index (χ0v) is 19.3. The molecule has 1 amide bonds. The minimum absolute atomic E-state index is 0.0533. The maximum absolute atomic E-state index is 12.1. The van der Waals surface area contributed by atoms with Gasteiger partial charge in [-0.25, -0.2) is 0 Å². The number of nitrogens with one attached hydrogen (secondary N) is 1. The Bertz CT molecular complexity index is 612. The lowest BCUT2D eigenvalue weighted by Gasteiger charge is -2.18. The van der Waals surface area contributed by atoms with Crippen LogP contribution >= 0.6 is 11.6 Å². The van der Waals surface area contributed by atoms with Crippen molar-refractivity contribution in [2.75, 3.05) is 13.7 Å². The SMILES string of the molecule is CCCCCCC[C@@H](C/C=C/CCC(=O)NC/C(=C/Cl)C1=C[C@@H](O)CCC1=O)OC. The number of aliphatic hydroxyl groups is 1. The molecule has 0 aromatic carbocycles. The minimum Gasteiger partial charge on any atom is -0.389 e. The number of methoxy groups -OCH3 is 1. The van der Waals surface area contributed by atoms with Crippen molar-refractivity contribution in [1.82, 2.24) is 5.32 Å². The zero-order valence-electron chi connectivity index (χ0n) is 18.5. The van der Waals surface area contributed by atoms with Crippen LogP contribution in [0.4, 0.5) is 0 Å². The van der Waals surface area contributed by atoms with E-state index in [0.717, 1.165) is 12.8 Å². The molecule has 0 aliphatic heterocycles. The average Bonchev–Trinajstić information content (AvgIpc) is 2.74. The summed E-state index contributed by atoms with van der Waals surface area (Å²) in [6.07, 6.45) is 15.2. The summed E-state index contributed by atoms with van der Waals surface area (Å²) in [6, 6.07) is 0. The van der Waals surface area contributed by atoms with Crippen LogP contribution < -0.4 is 5.32 Å². The molecular formula is C24H38ClNO4. The summed E-state index contributed by atoms with van der Waals surface area (Å²) >= 11 is 5.84. The number of carbonyl (C=O) groups is 2. The maximum Gasteiger partial charge on any atom is 0.220 e. The molecule has 0 heterocycles. The van der Waals surface area contributed by atoms with Gasteiger partial charge in [-0.1, -0.05) is 62.8 Å². The van der Waals surface area contributed by atoms with Crippen molar-refractivity contribution in [3.8, 4) is 0 Å². The molecule has 2 atom stereocenters. The molecule has 0 fully saturated rings. The summed E-state index contributed by atoms with van der Waals surface area (Å²) in [6.45, 7) is 2.40. The van der Waals surface area contributed by atoms with E-state index in [1.54, 1.807) is 7.11 Å². The summed E-state index contributed by atoms with van der Waals surface area (Å²) in [5.41, 5.74) is 2.24. The van der Waals surface area contributed by atoms with Crippen LogP contribution in [0.15, 0.2) is 34.9 Å². The van der Waals surface area contributed by atoms with Crippen molar-refractivity contribution in [1.29, 1.82) is 0 Å². The number of amides is 1. The zero-order chi connectivity index (χ0) is 22.2. The summed E-state index contributed by atoms with van der Waals surface area (Å²) < 4.78 is 5.54. The van der Waals surface area contributed by atoms with Crippen molar-refractivity contribution >= 4 is 23.3 Å². The van der Waals surface area contributed by atoms with Gasteiger partial charge >= 0.3 is 0 Å². The molecule has 1 rings (SSSR count). The van der Waals surface area contributed by atoms with Crippen LogP contribution in [-0.4, -0.2) is 42.7 Å². The van der Waals surface area contributed by atoms with Gasteiger partial charge in [0.1, 0.15) is 0 Å². The number of rotatable bonds is 15. The van der Waals surface area contributed by atoms with Gasteiger partial charge in [-0.15, -0.1) is 0 Å². The molecular weight excluding hydrogens is 402 g/mol. The monoisotopic (exact) mass is 439 g/mol. The van der Waals surface area contributed by atoms with Gasteiger partial charge in [-0.05, 0) is 37.3 Å². The number of allylic oxidation sites excluding steroid dienone is 1. The Balaban J connectivity index is 2.26. The molecule has 5 nitrogen and oxygen atoms in total. The molecule has 0 spiro atoms. The lowest BCUT2D eigenvalue weighted by atomic mass is 9.91. The third-order valence-corrected chi connectivity index (χ3v) is 5.61. The number of Topliss-reactive ketones (excluding diaryl/α,β-unsaturated/α-hetero) is 1. The van der Waals surface area contributed by atoms with Gasteiger partial charge in [0.15, 0.2) is 5.78 Å². The van der Waals surface area contributed by atoms with E-state index in [1.807, 2.05) is 6.08 Å². The van der Waals surface area contributed by atoms with Crippen molar-refractivity contribution in [2.45, 2.75) is 89.8 Å². The van der Waals surface area contributed by atoms with Crippen LogP contribution in [-0.2, 0) is 14.3 Å². The number of halogens is 1. The molecule has 30 heavy (non-hydrogen) atoms. The van der Waals surface area contributed by atoms with Crippen LogP contribution in [0, 0.1) is 0 Å². The van der Waals surface area contributed by atoms with Crippen molar-refractivity contribution in [2.24, 2.45) is 0 Å². The van der Waals surface area contributed by atoms with E-state index in [4.69, 9.17) is 16.3 Å². The van der Waals surface area contributed by atoms with Crippen molar-refractivity contribution in [3.05, 3.63) is 34.9 Å². The highest BCUT2D eigenvalue weighted by atomic mass is 35.5. The Hall–Kier alpha value is -1.43. The normalized spacial score (nSPS) is 18.5. The number of carbonyl (C=O) groups excluding carboxylic acids is 2. The van der Waals surface area contributed by atoms with Crippen LogP contribution in [0.25, 0.3) is 0 Å². The molecule has 0 radical (unpaired) electrons. The number of aliphatic hydroxyl groups excluding tert-OH is 1. The molecule has 0 saturated heterocycles. The minimum atomic E-state index is -0.641. The lowest BCUT2D eigenvalue weighted by Crippen LogP contribution is -2.28.